The molecule has 3 rings (SSSR count). The van der Waals surface area contributed by atoms with Crippen molar-refractivity contribution in [2.24, 2.45) is 0 Å². The second-order valence-corrected chi connectivity index (χ2v) is 7.16. The van der Waals surface area contributed by atoms with Crippen molar-refractivity contribution in [1.82, 2.24) is 10.6 Å². The first-order valence-corrected chi connectivity index (χ1v) is 10.00. The number of carbonyl (C=O) groups is 2. The highest BCUT2D eigenvalue weighted by molar-refractivity contribution is 6.01. The van der Waals surface area contributed by atoms with Gasteiger partial charge in [-0.3, -0.25) is 9.59 Å². The maximum absolute atomic E-state index is 12.6. The fourth-order valence-corrected chi connectivity index (χ4v) is 3.45. The molecule has 2 aromatic carbocycles. The molecule has 0 atom stereocenters. The van der Waals surface area contributed by atoms with E-state index >= 15 is 0 Å². The van der Waals surface area contributed by atoms with Crippen molar-refractivity contribution in [1.29, 1.82) is 0 Å². The van der Waals surface area contributed by atoms with Gasteiger partial charge in [-0.2, -0.15) is 8.78 Å². The molecule has 0 saturated heterocycles. The van der Waals surface area contributed by atoms with Gasteiger partial charge in [0, 0.05) is 11.7 Å². The summed E-state index contributed by atoms with van der Waals surface area (Å²) in [6, 6.07) is 13.0. The number of nitrogens with one attached hydrogen (secondary N) is 3. The van der Waals surface area contributed by atoms with Crippen molar-refractivity contribution in [3.63, 3.8) is 0 Å². The third-order valence-corrected chi connectivity index (χ3v) is 4.91. The number of alkyl halides is 2. The number of ether oxygens (including phenoxy) is 1. The van der Waals surface area contributed by atoms with E-state index < -0.39 is 6.61 Å². The van der Waals surface area contributed by atoms with Gasteiger partial charge in [0.1, 0.15) is 5.75 Å². The molecular formula is C22H25F2N3O3. The first-order valence-electron chi connectivity index (χ1n) is 10.00. The molecule has 0 heterocycles. The number of para-hydroxylation sites is 1. The fourth-order valence-electron chi connectivity index (χ4n) is 3.45. The Labute approximate surface area is 174 Å². The molecule has 0 spiro atoms. The van der Waals surface area contributed by atoms with Crippen LogP contribution in [-0.2, 0) is 4.79 Å². The summed E-state index contributed by atoms with van der Waals surface area (Å²) in [5.41, 5.74) is 1.51. The first-order chi connectivity index (χ1) is 14.5. The smallest absolute Gasteiger partial charge is 0.387 e. The summed E-state index contributed by atoms with van der Waals surface area (Å²) in [7, 11) is 0. The lowest BCUT2D eigenvalue weighted by molar-refractivity contribution is -0.121. The number of hydrogen-bond donors (Lipinski definition) is 3. The van der Waals surface area contributed by atoms with E-state index in [0.717, 1.165) is 25.7 Å². The molecule has 30 heavy (non-hydrogen) atoms. The van der Waals surface area contributed by atoms with Crippen LogP contribution in [0.5, 0.6) is 5.75 Å². The van der Waals surface area contributed by atoms with Gasteiger partial charge in [0.05, 0.1) is 17.8 Å². The normalized spacial score (nSPS) is 14.2. The standard InChI is InChI=1S/C22H25F2N3O3/c23-22(24)30-17-12-10-16(11-13-17)26-19-9-5-4-8-18(19)21(29)25-14-20(28)27-15-6-2-1-3-7-15/h4-5,8-13,15,22,26H,1-3,6-7,14H2,(H,25,29)(H,27,28). The molecule has 0 aliphatic heterocycles. The zero-order valence-corrected chi connectivity index (χ0v) is 16.5. The minimum Gasteiger partial charge on any atom is -0.435 e. The molecule has 0 bridgehead atoms. The summed E-state index contributed by atoms with van der Waals surface area (Å²) < 4.78 is 28.8. The van der Waals surface area contributed by atoms with E-state index in [1.54, 1.807) is 36.4 Å². The van der Waals surface area contributed by atoms with Gasteiger partial charge in [-0.25, -0.2) is 0 Å². The molecule has 3 N–H and O–H groups in total. The lowest BCUT2D eigenvalue weighted by Gasteiger charge is -2.22. The molecule has 1 aliphatic rings. The number of rotatable bonds is 8. The van der Waals surface area contributed by atoms with Crippen molar-refractivity contribution >= 4 is 23.2 Å². The van der Waals surface area contributed by atoms with E-state index in [9.17, 15) is 18.4 Å². The highest BCUT2D eigenvalue weighted by Gasteiger charge is 2.17. The molecule has 0 radical (unpaired) electrons. The van der Waals surface area contributed by atoms with E-state index in [-0.39, 0.29) is 30.2 Å². The minimum absolute atomic E-state index is 0.0468. The van der Waals surface area contributed by atoms with Crippen LogP contribution in [0.1, 0.15) is 42.5 Å². The Morgan fingerprint density at radius 2 is 1.70 bits per heavy atom. The van der Waals surface area contributed by atoms with Crippen LogP contribution in [-0.4, -0.2) is 31.0 Å². The average molecular weight is 417 g/mol. The second-order valence-electron chi connectivity index (χ2n) is 7.16. The van der Waals surface area contributed by atoms with Gasteiger partial charge < -0.3 is 20.7 Å². The van der Waals surface area contributed by atoms with Gasteiger partial charge in [-0.1, -0.05) is 31.4 Å². The molecule has 1 aliphatic carbocycles. The number of carbonyl (C=O) groups excluding carboxylic acids is 2. The Balaban J connectivity index is 1.57. The van der Waals surface area contributed by atoms with Crippen LogP contribution in [0.25, 0.3) is 0 Å². The highest BCUT2D eigenvalue weighted by atomic mass is 19.3. The SMILES string of the molecule is O=C(CNC(=O)c1ccccc1Nc1ccc(OC(F)F)cc1)NC1CCCCC1. The first kappa shape index (κ1) is 21.5. The quantitative estimate of drug-likeness (QED) is 0.601. The lowest BCUT2D eigenvalue weighted by Crippen LogP contribution is -2.42. The summed E-state index contributed by atoms with van der Waals surface area (Å²) in [5.74, 6) is -0.532. The summed E-state index contributed by atoms with van der Waals surface area (Å²) >= 11 is 0. The topological polar surface area (TPSA) is 79.5 Å². The van der Waals surface area contributed by atoms with E-state index in [2.05, 4.69) is 20.7 Å². The van der Waals surface area contributed by atoms with Crippen LogP contribution in [0.3, 0.4) is 0 Å². The van der Waals surface area contributed by atoms with Gasteiger partial charge in [0.2, 0.25) is 5.91 Å². The Bertz CT molecular complexity index is 853. The van der Waals surface area contributed by atoms with Crippen molar-refractivity contribution in [3.8, 4) is 5.75 Å². The van der Waals surface area contributed by atoms with Crippen molar-refractivity contribution in [2.45, 2.75) is 44.8 Å². The molecule has 1 saturated carbocycles. The third-order valence-electron chi connectivity index (χ3n) is 4.91. The molecule has 6 nitrogen and oxygen atoms in total. The Morgan fingerprint density at radius 1 is 1.00 bits per heavy atom. The molecule has 0 unspecified atom stereocenters. The molecule has 0 aromatic heterocycles. The van der Waals surface area contributed by atoms with E-state index in [4.69, 9.17) is 0 Å². The summed E-state index contributed by atoms with van der Waals surface area (Å²) in [6.07, 6.45) is 5.40. The number of anilines is 2. The fraction of sp³-hybridized carbons (Fsp3) is 0.364. The van der Waals surface area contributed by atoms with Gasteiger partial charge in [-0.15, -0.1) is 0 Å². The number of hydrogen-bond acceptors (Lipinski definition) is 4. The zero-order chi connectivity index (χ0) is 21.3. The van der Waals surface area contributed by atoms with Gasteiger partial charge in [0.15, 0.2) is 0 Å². The van der Waals surface area contributed by atoms with Gasteiger partial charge in [-0.05, 0) is 49.2 Å². The van der Waals surface area contributed by atoms with Crippen LogP contribution < -0.4 is 20.7 Å². The summed E-state index contributed by atoms with van der Waals surface area (Å²) in [5, 5.41) is 8.70. The largest absolute Gasteiger partial charge is 0.435 e. The number of benzene rings is 2. The number of amides is 2. The minimum atomic E-state index is -2.89. The Kier molecular flexibility index (Phi) is 7.59. The highest BCUT2D eigenvalue weighted by Crippen LogP contribution is 2.23. The van der Waals surface area contributed by atoms with Crippen molar-refractivity contribution < 1.29 is 23.1 Å². The Morgan fingerprint density at radius 3 is 2.40 bits per heavy atom. The number of halogens is 2. The predicted octanol–water partition coefficient (Wildman–Crippen LogP) is 4.21. The molecule has 2 aromatic rings. The van der Waals surface area contributed by atoms with Gasteiger partial charge in [0.25, 0.3) is 5.91 Å². The molecule has 160 valence electrons. The second kappa shape index (κ2) is 10.6. The molecule has 2 amide bonds. The van der Waals surface area contributed by atoms with Gasteiger partial charge >= 0.3 is 6.61 Å². The lowest BCUT2D eigenvalue weighted by atomic mass is 9.95. The Hall–Kier alpha value is -3.16. The van der Waals surface area contributed by atoms with E-state index in [0.29, 0.717) is 16.9 Å². The average Bonchev–Trinajstić information content (AvgIpc) is 2.74. The monoisotopic (exact) mass is 417 g/mol. The van der Waals surface area contributed by atoms with E-state index in [1.165, 1.54) is 18.6 Å². The predicted molar refractivity (Wildman–Crippen MR) is 110 cm³/mol. The summed E-state index contributed by atoms with van der Waals surface area (Å²) in [4.78, 5) is 24.7. The van der Waals surface area contributed by atoms with Crippen molar-refractivity contribution in [3.05, 3.63) is 54.1 Å². The third kappa shape index (κ3) is 6.43. The zero-order valence-electron chi connectivity index (χ0n) is 16.5. The van der Waals surface area contributed by atoms with Crippen LogP contribution >= 0.6 is 0 Å². The molecular weight excluding hydrogens is 392 g/mol. The maximum atomic E-state index is 12.6. The van der Waals surface area contributed by atoms with Crippen LogP contribution in [0.2, 0.25) is 0 Å². The van der Waals surface area contributed by atoms with Crippen LogP contribution in [0, 0.1) is 0 Å². The molecule has 8 heteroatoms. The van der Waals surface area contributed by atoms with Crippen LogP contribution in [0.15, 0.2) is 48.5 Å². The van der Waals surface area contributed by atoms with Crippen molar-refractivity contribution in [2.75, 3.05) is 11.9 Å². The maximum Gasteiger partial charge on any atom is 0.387 e. The van der Waals surface area contributed by atoms with Crippen LogP contribution in [0.4, 0.5) is 20.2 Å². The summed E-state index contributed by atoms with van der Waals surface area (Å²) in [6.45, 7) is -2.98. The molecule has 1 fully saturated rings. The van der Waals surface area contributed by atoms with E-state index in [1.807, 2.05) is 0 Å².